The van der Waals surface area contributed by atoms with E-state index in [1.54, 1.807) is 12.1 Å². The molecule has 0 aliphatic heterocycles. The average Bonchev–Trinajstić information content (AvgIpc) is 2.34. The van der Waals surface area contributed by atoms with E-state index in [9.17, 15) is 4.79 Å². The van der Waals surface area contributed by atoms with Crippen molar-refractivity contribution in [1.29, 1.82) is 0 Å². The van der Waals surface area contributed by atoms with Crippen LogP contribution in [0.1, 0.15) is 26.3 Å². The lowest BCUT2D eigenvalue weighted by atomic mass is 10.2. The van der Waals surface area contributed by atoms with Crippen LogP contribution in [-0.2, 0) is 11.3 Å². The zero-order valence-electron chi connectivity index (χ0n) is 11.9. The Hall–Kier alpha value is -1.98. The number of carbonyl (C=O) groups excluding carboxylic acids is 1. The average molecular weight is 268 g/mol. The number of hydrogen-bond donors (Lipinski definition) is 1. The Balaban J connectivity index is 2.65. The molecule has 1 aromatic heterocycles. The summed E-state index contributed by atoms with van der Waals surface area (Å²) in [6.45, 7) is 5.70. The number of methoxy groups -OCH3 is 2. The molecule has 1 aromatic rings. The predicted molar refractivity (Wildman–Crippen MR) is 70.4 cm³/mol. The Morgan fingerprint density at radius 1 is 1.26 bits per heavy atom. The molecule has 0 saturated heterocycles. The number of nitrogens with one attached hydrogen (secondary N) is 1. The van der Waals surface area contributed by atoms with Crippen molar-refractivity contribution < 1.29 is 19.0 Å². The second-order valence-corrected chi connectivity index (χ2v) is 4.88. The molecule has 0 radical (unpaired) electrons. The van der Waals surface area contributed by atoms with E-state index in [-0.39, 0.29) is 6.54 Å². The van der Waals surface area contributed by atoms with Crippen LogP contribution in [0.15, 0.2) is 12.1 Å². The maximum Gasteiger partial charge on any atom is 0.407 e. The molecule has 1 rings (SSSR count). The normalized spacial score (nSPS) is 10.8. The Bertz CT molecular complexity index is 441. The van der Waals surface area contributed by atoms with Crippen LogP contribution < -0.4 is 14.8 Å². The van der Waals surface area contributed by atoms with Gasteiger partial charge in [0, 0.05) is 11.6 Å². The minimum absolute atomic E-state index is 0.273. The first kappa shape index (κ1) is 15.1. The molecule has 6 nitrogen and oxygen atoms in total. The molecule has 0 atom stereocenters. The lowest BCUT2D eigenvalue weighted by Gasteiger charge is -2.19. The summed E-state index contributed by atoms with van der Waals surface area (Å²) in [6.07, 6.45) is -0.481. The van der Waals surface area contributed by atoms with Gasteiger partial charge >= 0.3 is 6.09 Å². The standard InChI is InChI=1S/C13H20N2O4/c1-13(2,3)19-12(16)14-8-9-6-7-10(17-4)15-11(9)18-5/h6-7H,8H2,1-5H3,(H,14,16). The van der Waals surface area contributed by atoms with E-state index >= 15 is 0 Å². The van der Waals surface area contributed by atoms with Gasteiger partial charge in [-0.05, 0) is 26.8 Å². The maximum absolute atomic E-state index is 11.5. The van der Waals surface area contributed by atoms with Gasteiger partial charge in [0.25, 0.3) is 0 Å². The van der Waals surface area contributed by atoms with Crippen LogP contribution in [0.25, 0.3) is 0 Å². The Morgan fingerprint density at radius 3 is 2.47 bits per heavy atom. The molecule has 0 fully saturated rings. The molecule has 106 valence electrons. The molecule has 0 bridgehead atoms. The van der Waals surface area contributed by atoms with Gasteiger partial charge in [0.2, 0.25) is 11.8 Å². The predicted octanol–water partition coefficient (Wildman–Crippen LogP) is 2.12. The van der Waals surface area contributed by atoms with E-state index in [4.69, 9.17) is 14.2 Å². The smallest absolute Gasteiger partial charge is 0.407 e. The molecule has 6 heteroatoms. The first-order chi connectivity index (χ1) is 8.85. The van der Waals surface area contributed by atoms with Gasteiger partial charge in [-0.2, -0.15) is 4.98 Å². The summed E-state index contributed by atoms with van der Waals surface area (Å²) in [4.78, 5) is 15.7. The summed E-state index contributed by atoms with van der Waals surface area (Å²) in [5.41, 5.74) is 0.223. The second-order valence-electron chi connectivity index (χ2n) is 4.88. The van der Waals surface area contributed by atoms with Gasteiger partial charge in [-0.1, -0.05) is 0 Å². The number of ether oxygens (including phenoxy) is 3. The van der Waals surface area contributed by atoms with E-state index in [1.165, 1.54) is 14.2 Å². The molecule has 1 N–H and O–H groups in total. The SMILES string of the molecule is COc1ccc(CNC(=O)OC(C)(C)C)c(OC)n1. The minimum Gasteiger partial charge on any atom is -0.481 e. The van der Waals surface area contributed by atoms with Crippen LogP contribution in [0.5, 0.6) is 11.8 Å². The van der Waals surface area contributed by atoms with Crippen LogP contribution in [0, 0.1) is 0 Å². The van der Waals surface area contributed by atoms with E-state index in [1.807, 2.05) is 20.8 Å². The number of pyridine rings is 1. The van der Waals surface area contributed by atoms with Crippen LogP contribution in [0.4, 0.5) is 4.79 Å². The molecule has 1 amide bonds. The highest BCUT2D eigenvalue weighted by Crippen LogP contribution is 2.19. The molecule has 0 aliphatic carbocycles. The lowest BCUT2D eigenvalue weighted by molar-refractivity contribution is 0.0523. The van der Waals surface area contributed by atoms with E-state index in [0.717, 1.165) is 5.56 Å². The van der Waals surface area contributed by atoms with Gasteiger partial charge in [0.15, 0.2) is 0 Å². The van der Waals surface area contributed by atoms with Gasteiger partial charge in [-0.25, -0.2) is 4.79 Å². The van der Waals surface area contributed by atoms with Crippen molar-refractivity contribution in [3.8, 4) is 11.8 Å². The molecule has 1 heterocycles. The zero-order valence-corrected chi connectivity index (χ0v) is 11.9. The molecule has 0 saturated carbocycles. The van der Waals surface area contributed by atoms with Crippen molar-refractivity contribution in [2.24, 2.45) is 0 Å². The summed E-state index contributed by atoms with van der Waals surface area (Å²) in [6, 6.07) is 3.48. The zero-order chi connectivity index (χ0) is 14.5. The Morgan fingerprint density at radius 2 is 1.95 bits per heavy atom. The molecular formula is C13H20N2O4. The monoisotopic (exact) mass is 268 g/mol. The molecule has 0 aliphatic rings. The summed E-state index contributed by atoms with van der Waals surface area (Å²) in [7, 11) is 3.04. The third-order valence-corrected chi connectivity index (χ3v) is 2.14. The summed E-state index contributed by atoms with van der Waals surface area (Å²) in [5, 5.41) is 2.65. The van der Waals surface area contributed by atoms with Gasteiger partial charge in [0.05, 0.1) is 20.8 Å². The van der Waals surface area contributed by atoms with Crippen molar-refractivity contribution in [2.45, 2.75) is 32.9 Å². The second kappa shape index (κ2) is 6.26. The third-order valence-electron chi connectivity index (χ3n) is 2.14. The fourth-order valence-corrected chi connectivity index (χ4v) is 1.36. The Kier molecular flexibility index (Phi) is 4.97. The van der Waals surface area contributed by atoms with Crippen molar-refractivity contribution in [3.05, 3.63) is 17.7 Å². The summed E-state index contributed by atoms with van der Waals surface area (Å²) >= 11 is 0. The fourth-order valence-electron chi connectivity index (χ4n) is 1.36. The summed E-state index contributed by atoms with van der Waals surface area (Å²) in [5.74, 6) is 0.869. The van der Waals surface area contributed by atoms with Crippen LogP contribution >= 0.6 is 0 Å². The summed E-state index contributed by atoms with van der Waals surface area (Å²) < 4.78 is 15.3. The Labute approximate surface area is 113 Å². The fraction of sp³-hybridized carbons (Fsp3) is 0.538. The van der Waals surface area contributed by atoms with Crippen LogP contribution in [0.3, 0.4) is 0 Å². The van der Waals surface area contributed by atoms with E-state index < -0.39 is 11.7 Å². The number of amides is 1. The molecule has 19 heavy (non-hydrogen) atoms. The molecule has 0 unspecified atom stereocenters. The lowest BCUT2D eigenvalue weighted by Crippen LogP contribution is -2.32. The van der Waals surface area contributed by atoms with Crippen molar-refractivity contribution in [2.75, 3.05) is 14.2 Å². The van der Waals surface area contributed by atoms with Crippen LogP contribution in [0.2, 0.25) is 0 Å². The van der Waals surface area contributed by atoms with Gasteiger partial charge in [-0.3, -0.25) is 0 Å². The number of carbonyl (C=O) groups is 1. The topological polar surface area (TPSA) is 69.7 Å². The van der Waals surface area contributed by atoms with Gasteiger partial charge in [0.1, 0.15) is 5.60 Å². The molecule has 0 spiro atoms. The van der Waals surface area contributed by atoms with E-state index in [2.05, 4.69) is 10.3 Å². The highest BCUT2D eigenvalue weighted by molar-refractivity contribution is 5.67. The number of nitrogens with zero attached hydrogens (tertiary/aromatic N) is 1. The number of aromatic nitrogens is 1. The first-order valence-corrected chi connectivity index (χ1v) is 5.90. The molecule has 0 aromatic carbocycles. The quantitative estimate of drug-likeness (QED) is 0.905. The highest BCUT2D eigenvalue weighted by Gasteiger charge is 2.16. The van der Waals surface area contributed by atoms with Crippen LogP contribution in [-0.4, -0.2) is 30.9 Å². The van der Waals surface area contributed by atoms with Gasteiger partial charge in [-0.15, -0.1) is 0 Å². The highest BCUT2D eigenvalue weighted by atomic mass is 16.6. The first-order valence-electron chi connectivity index (χ1n) is 5.90. The molecular weight excluding hydrogens is 248 g/mol. The number of alkyl carbamates (subject to hydrolysis) is 1. The van der Waals surface area contributed by atoms with Crippen molar-refractivity contribution in [3.63, 3.8) is 0 Å². The van der Waals surface area contributed by atoms with Crippen molar-refractivity contribution >= 4 is 6.09 Å². The van der Waals surface area contributed by atoms with Crippen molar-refractivity contribution in [1.82, 2.24) is 10.3 Å². The third kappa shape index (κ3) is 5.03. The van der Waals surface area contributed by atoms with Gasteiger partial charge < -0.3 is 19.5 Å². The maximum atomic E-state index is 11.5. The number of hydrogen-bond acceptors (Lipinski definition) is 5. The van der Waals surface area contributed by atoms with E-state index in [0.29, 0.717) is 11.8 Å². The largest absolute Gasteiger partial charge is 0.481 e. The number of rotatable bonds is 4. The minimum atomic E-state index is -0.522.